The van der Waals surface area contributed by atoms with Crippen LogP contribution in [0.25, 0.3) is 6.08 Å². The molecule has 0 saturated heterocycles. The lowest BCUT2D eigenvalue weighted by molar-refractivity contribution is -0.147. The van der Waals surface area contributed by atoms with Gasteiger partial charge in [-0.15, -0.1) is 0 Å². The fraction of sp³-hybridized carbons (Fsp3) is 0.312. The van der Waals surface area contributed by atoms with Crippen molar-refractivity contribution in [3.8, 4) is 6.07 Å². The summed E-state index contributed by atoms with van der Waals surface area (Å²) >= 11 is 0. The fourth-order valence-electron chi connectivity index (χ4n) is 1.57. The maximum Gasteiger partial charge on any atom is 0.331 e. The monoisotopic (exact) mass is 286 g/mol. The van der Waals surface area contributed by atoms with Crippen LogP contribution in [0.3, 0.4) is 0 Å². The smallest absolute Gasteiger partial charge is 0.331 e. The molecule has 0 spiro atoms. The van der Waals surface area contributed by atoms with Crippen molar-refractivity contribution in [1.29, 1.82) is 5.26 Å². The van der Waals surface area contributed by atoms with Crippen LogP contribution in [0.15, 0.2) is 30.3 Å². The number of likely N-dealkylation sites (N-methyl/N-ethyl adjacent to an activating group) is 1. The lowest BCUT2D eigenvalue weighted by Gasteiger charge is -2.14. The van der Waals surface area contributed by atoms with E-state index in [0.717, 1.165) is 11.1 Å². The number of rotatable bonds is 6. The number of carbonyl (C=O) groups excluding carboxylic acids is 2. The average molecular weight is 286 g/mol. The van der Waals surface area contributed by atoms with Gasteiger partial charge in [0.15, 0.2) is 6.61 Å². The Bertz CT molecular complexity index is 573. The molecule has 1 rings (SSSR count). The second-order valence-electron chi connectivity index (χ2n) is 4.52. The van der Waals surface area contributed by atoms with Gasteiger partial charge in [0.1, 0.15) is 0 Å². The van der Waals surface area contributed by atoms with Crippen LogP contribution < -0.4 is 0 Å². The summed E-state index contributed by atoms with van der Waals surface area (Å²) in [5, 5.41) is 8.43. The fourth-order valence-corrected chi connectivity index (χ4v) is 1.57. The molecule has 0 bridgehead atoms. The molecule has 0 fully saturated rings. The average Bonchev–Trinajstić information content (AvgIpc) is 2.49. The van der Waals surface area contributed by atoms with E-state index in [0.29, 0.717) is 6.54 Å². The SMILES string of the molecule is Cc1ccccc1/C=C/C(=O)OCC(=O)N(C)CCC#N. The van der Waals surface area contributed by atoms with Crippen molar-refractivity contribution in [2.24, 2.45) is 0 Å². The molecule has 110 valence electrons. The zero-order valence-electron chi connectivity index (χ0n) is 12.2. The van der Waals surface area contributed by atoms with E-state index in [9.17, 15) is 9.59 Å². The molecule has 5 heteroatoms. The zero-order chi connectivity index (χ0) is 15.7. The normalized spacial score (nSPS) is 10.1. The first-order valence-corrected chi connectivity index (χ1v) is 6.56. The highest BCUT2D eigenvalue weighted by Crippen LogP contribution is 2.08. The topological polar surface area (TPSA) is 70.4 Å². The summed E-state index contributed by atoms with van der Waals surface area (Å²) in [7, 11) is 1.57. The summed E-state index contributed by atoms with van der Waals surface area (Å²) in [6, 6.07) is 9.58. The molecule has 0 heterocycles. The van der Waals surface area contributed by atoms with Crippen molar-refractivity contribution < 1.29 is 14.3 Å². The van der Waals surface area contributed by atoms with Gasteiger partial charge in [-0.05, 0) is 24.1 Å². The molecule has 5 nitrogen and oxygen atoms in total. The van der Waals surface area contributed by atoms with Crippen molar-refractivity contribution >= 4 is 18.0 Å². The number of aryl methyl sites for hydroxylation is 1. The second-order valence-corrected chi connectivity index (χ2v) is 4.52. The van der Waals surface area contributed by atoms with Crippen LogP contribution in [0.4, 0.5) is 0 Å². The molecule has 0 N–H and O–H groups in total. The van der Waals surface area contributed by atoms with Gasteiger partial charge < -0.3 is 9.64 Å². The van der Waals surface area contributed by atoms with E-state index in [2.05, 4.69) is 0 Å². The molecule has 21 heavy (non-hydrogen) atoms. The van der Waals surface area contributed by atoms with Gasteiger partial charge in [0.2, 0.25) is 0 Å². The van der Waals surface area contributed by atoms with Crippen molar-refractivity contribution in [2.45, 2.75) is 13.3 Å². The van der Waals surface area contributed by atoms with E-state index in [1.165, 1.54) is 11.0 Å². The van der Waals surface area contributed by atoms with Crippen LogP contribution >= 0.6 is 0 Å². The molecular weight excluding hydrogens is 268 g/mol. The van der Waals surface area contributed by atoms with Gasteiger partial charge >= 0.3 is 5.97 Å². The van der Waals surface area contributed by atoms with Gasteiger partial charge in [-0.2, -0.15) is 5.26 Å². The third-order valence-corrected chi connectivity index (χ3v) is 2.91. The predicted octanol–water partition coefficient (Wildman–Crippen LogP) is 1.92. The van der Waals surface area contributed by atoms with Crippen molar-refractivity contribution in [1.82, 2.24) is 4.90 Å². The molecule has 1 aromatic rings. The Balaban J connectivity index is 2.43. The first-order chi connectivity index (χ1) is 10.0. The summed E-state index contributed by atoms with van der Waals surface area (Å²) < 4.78 is 4.87. The lowest BCUT2D eigenvalue weighted by atomic mass is 10.1. The Morgan fingerprint density at radius 1 is 1.38 bits per heavy atom. The quantitative estimate of drug-likeness (QED) is 0.591. The highest BCUT2D eigenvalue weighted by Gasteiger charge is 2.10. The molecule has 0 atom stereocenters. The minimum absolute atomic E-state index is 0.253. The molecule has 0 aromatic heterocycles. The molecule has 0 unspecified atom stereocenters. The van der Waals surface area contributed by atoms with Crippen molar-refractivity contribution in [3.63, 3.8) is 0 Å². The summed E-state index contributed by atoms with van der Waals surface area (Å²) in [6.45, 7) is 1.95. The maximum absolute atomic E-state index is 11.6. The largest absolute Gasteiger partial charge is 0.452 e. The molecule has 0 aliphatic carbocycles. The molecule has 0 aliphatic heterocycles. The van der Waals surface area contributed by atoms with Gasteiger partial charge in [-0.25, -0.2) is 4.79 Å². The van der Waals surface area contributed by atoms with Gasteiger partial charge in [-0.1, -0.05) is 24.3 Å². The number of nitrogens with zero attached hydrogens (tertiary/aromatic N) is 2. The van der Waals surface area contributed by atoms with Gasteiger partial charge in [-0.3, -0.25) is 4.79 Å². The summed E-state index contributed by atoms with van der Waals surface area (Å²) in [6.07, 6.45) is 3.20. The van der Waals surface area contributed by atoms with E-state index in [-0.39, 0.29) is 18.9 Å². The predicted molar refractivity (Wildman–Crippen MR) is 79.0 cm³/mol. The Labute approximate surface area is 124 Å². The number of amides is 1. The second kappa shape index (κ2) is 8.54. The minimum Gasteiger partial charge on any atom is -0.452 e. The molecule has 0 radical (unpaired) electrons. The first kappa shape index (κ1) is 16.4. The number of ether oxygens (including phenoxy) is 1. The highest BCUT2D eigenvalue weighted by atomic mass is 16.5. The van der Waals surface area contributed by atoms with E-state index in [1.54, 1.807) is 13.1 Å². The minimum atomic E-state index is -0.569. The molecule has 0 saturated carbocycles. The number of benzene rings is 1. The van der Waals surface area contributed by atoms with Crippen LogP contribution in [0.5, 0.6) is 0 Å². The van der Waals surface area contributed by atoms with Gasteiger partial charge in [0.05, 0.1) is 12.5 Å². The third kappa shape index (κ3) is 5.91. The van der Waals surface area contributed by atoms with Gasteiger partial charge in [0.25, 0.3) is 5.91 Å². The number of esters is 1. The van der Waals surface area contributed by atoms with Crippen molar-refractivity contribution in [3.05, 3.63) is 41.5 Å². The Hall–Kier alpha value is -2.61. The number of hydrogen-bond acceptors (Lipinski definition) is 4. The number of nitriles is 1. The molecule has 0 aliphatic rings. The Kier molecular flexibility index (Phi) is 6.69. The standard InChI is InChI=1S/C16H18N2O3/c1-13-6-3-4-7-14(13)8-9-16(20)21-12-15(19)18(2)11-5-10-17/h3-4,6-9H,5,11-12H2,1-2H3/b9-8+. The first-order valence-electron chi connectivity index (χ1n) is 6.56. The Morgan fingerprint density at radius 2 is 2.10 bits per heavy atom. The van der Waals surface area contributed by atoms with E-state index in [4.69, 9.17) is 10.00 Å². The summed E-state index contributed by atoms with van der Waals surface area (Å²) in [4.78, 5) is 24.5. The Morgan fingerprint density at radius 3 is 2.76 bits per heavy atom. The van der Waals surface area contributed by atoms with E-state index in [1.807, 2.05) is 37.3 Å². The summed E-state index contributed by atoms with van der Waals surface area (Å²) in [5.74, 6) is -0.900. The van der Waals surface area contributed by atoms with Crippen molar-refractivity contribution in [2.75, 3.05) is 20.2 Å². The lowest BCUT2D eigenvalue weighted by Crippen LogP contribution is -2.31. The van der Waals surface area contributed by atoms with Crippen LogP contribution in [0.2, 0.25) is 0 Å². The van der Waals surface area contributed by atoms with Crippen LogP contribution in [0.1, 0.15) is 17.5 Å². The maximum atomic E-state index is 11.6. The zero-order valence-corrected chi connectivity index (χ0v) is 12.2. The highest BCUT2D eigenvalue weighted by molar-refractivity contribution is 5.89. The third-order valence-electron chi connectivity index (χ3n) is 2.91. The molecular formula is C16H18N2O3. The summed E-state index contributed by atoms with van der Waals surface area (Å²) in [5.41, 5.74) is 1.97. The molecule has 1 aromatic carbocycles. The van der Waals surface area contributed by atoms with Crippen LogP contribution in [-0.4, -0.2) is 37.0 Å². The van der Waals surface area contributed by atoms with Crippen LogP contribution in [0, 0.1) is 18.3 Å². The van der Waals surface area contributed by atoms with E-state index < -0.39 is 5.97 Å². The van der Waals surface area contributed by atoms with Crippen LogP contribution in [-0.2, 0) is 14.3 Å². The van der Waals surface area contributed by atoms with Gasteiger partial charge in [0, 0.05) is 19.7 Å². The molecule has 1 amide bonds. The number of hydrogen-bond donors (Lipinski definition) is 0. The number of carbonyl (C=O) groups is 2. The van der Waals surface area contributed by atoms with E-state index >= 15 is 0 Å².